The Balaban J connectivity index is 1.97. The van der Waals surface area contributed by atoms with Crippen LogP contribution in [0.5, 0.6) is 0 Å². The minimum Gasteiger partial charge on any atom is -0.455 e. The smallest absolute Gasteiger partial charge is 0.152 e. The Morgan fingerprint density at radius 1 is 1.17 bits per heavy atom. The Kier molecular flexibility index (Phi) is 3.12. The molecule has 0 saturated heterocycles. The second kappa shape index (κ2) is 5.29. The van der Waals surface area contributed by atoms with E-state index in [1.54, 1.807) is 6.08 Å². The molecule has 0 atom stereocenters. The van der Waals surface area contributed by atoms with Crippen molar-refractivity contribution in [2.24, 2.45) is 0 Å². The zero-order valence-electron chi connectivity index (χ0n) is 12.9. The van der Waals surface area contributed by atoms with E-state index in [0.717, 1.165) is 38.9 Å². The highest BCUT2D eigenvalue weighted by Crippen LogP contribution is 2.29. The molecule has 0 amide bonds. The maximum Gasteiger partial charge on any atom is 0.152 e. The minimum atomic E-state index is 0.864. The number of aromatic nitrogens is 2. The lowest BCUT2D eigenvalue weighted by molar-refractivity contribution is 0.666. The summed E-state index contributed by atoms with van der Waals surface area (Å²) in [6, 6.07) is 10.1. The van der Waals surface area contributed by atoms with Gasteiger partial charge in [-0.15, -0.1) is 0 Å². The van der Waals surface area contributed by atoms with Crippen LogP contribution in [0.2, 0.25) is 0 Å². The van der Waals surface area contributed by atoms with Crippen LogP contribution in [0.25, 0.3) is 33.2 Å². The van der Waals surface area contributed by atoms with Gasteiger partial charge in [-0.25, -0.2) is 4.98 Å². The summed E-state index contributed by atoms with van der Waals surface area (Å²) in [5.74, 6) is 0. The zero-order valence-corrected chi connectivity index (χ0v) is 12.9. The summed E-state index contributed by atoms with van der Waals surface area (Å²) >= 11 is 0. The number of pyridine rings is 1. The second-order valence-corrected chi connectivity index (χ2v) is 5.40. The van der Waals surface area contributed by atoms with Crippen LogP contribution in [-0.4, -0.2) is 9.38 Å². The number of imidazole rings is 1. The van der Waals surface area contributed by atoms with E-state index in [9.17, 15) is 0 Å². The van der Waals surface area contributed by atoms with Crippen molar-refractivity contribution in [3.05, 3.63) is 79.3 Å². The predicted octanol–water partition coefficient (Wildman–Crippen LogP) is 5.38. The number of hydrogen-bond donors (Lipinski definition) is 0. The van der Waals surface area contributed by atoms with E-state index in [2.05, 4.69) is 18.7 Å². The van der Waals surface area contributed by atoms with Crippen molar-refractivity contribution in [3.8, 4) is 0 Å². The third-order valence-electron chi connectivity index (χ3n) is 3.89. The molecule has 0 unspecified atom stereocenters. The van der Waals surface area contributed by atoms with Crippen LogP contribution in [0.4, 0.5) is 0 Å². The normalized spacial score (nSPS) is 12.8. The quantitative estimate of drug-likeness (QED) is 0.476. The van der Waals surface area contributed by atoms with E-state index in [0.29, 0.717) is 0 Å². The fourth-order valence-corrected chi connectivity index (χ4v) is 2.87. The van der Waals surface area contributed by atoms with Crippen LogP contribution in [0, 0.1) is 0 Å². The molecule has 3 heteroatoms. The summed E-state index contributed by atoms with van der Waals surface area (Å²) in [4.78, 5) is 4.74. The van der Waals surface area contributed by atoms with Gasteiger partial charge in [0.2, 0.25) is 0 Å². The molecular formula is C20H16N2O. The SMILES string of the molecule is C=C/C=C(\C=C/C)c1cn2cc3oc4ccccc4c3cc2n1. The maximum atomic E-state index is 5.93. The van der Waals surface area contributed by atoms with Gasteiger partial charge in [0, 0.05) is 22.5 Å². The molecule has 0 aliphatic heterocycles. The van der Waals surface area contributed by atoms with Crippen LogP contribution in [-0.2, 0) is 0 Å². The van der Waals surface area contributed by atoms with Gasteiger partial charge in [-0.05, 0) is 19.1 Å². The van der Waals surface area contributed by atoms with Gasteiger partial charge in [-0.3, -0.25) is 0 Å². The van der Waals surface area contributed by atoms with Crippen molar-refractivity contribution in [3.63, 3.8) is 0 Å². The molecule has 0 spiro atoms. The van der Waals surface area contributed by atoms with Gasteiger partial charge < -0.3 is 8.82 Å². The highest BCUT2D eigenvalue weighted by molar-refractivity contribution is 6.05. The van der Waals surface area contributed by atoms with Gasteiger partial charge in [-0.1, -0.05) is 49.1 Å². The molecule has 0 N–H and O–H groups in total. The van der Waals surface area contributed by atoms with E-state index in [1.165, 1.54) is 0 Å². The van der Waals surface area contributed by atoms with Gasteiger partial charge in [-0.2, -0.15) is 0 Å². The first-order valence-corrected chi connectivity index (χ1v) is 7.56. The zero-order chi connectivity index (χ0) is 15.8. The van der Waals surface area contributed by atoms with E-state index in [4.69, 9.17) is 9.40 Å². The Morgan fingerprint density at radius 3 is 2.87 bits per heavy atom. The fraction of sp³-hybridized carbons (Fsp3) is 0.0500. The van der Waals surface area contributed by atoms with Gasteiger partial charge in [0.05, 0.1) is 11.9 Å². The standard InChI is InChI=1S/C20H16N2O/c1-3-7-14(8-4-2)17-12-22-13-19-16(11-20(22)21-17)15-9-5-6-10-18(15)23-19/h3-13H,1H2,2H3/b8-4-,14-7+. The summed E-state index contributed by atoms with van der Waals surface area (Å²) in [5, 5.41) is 2.20. The van der Waals surface area contributed by atoms with Gasteiger partial charge in [0.1, 0.15) is 11.2 Å². The van der Waals surface area contributed by atoms with E-state index < -0.39 is 0 Å². The molecule has 4 aromatic rings. The summed E-state index contributed by atoms with van der Waals surface area (Å²) in [6.07, 6.45) is 11.8. The molecular weight excluding hydrogens is 284 g/mol. The molecule has 112 valence electrons. The number of hydrogen-bond acceptors (Lipinski definition) is 2. The monoisotopic (exact) mass is 300 g/mol. The molecule has 3 nitrogen and oxygen atoms in total. The first kappa shape index (κ1) is 13.6. The Bertz CT molecular complexity index is 1090. The number of para-hydroxylation sites is 1. The van der Waals surface area contributed by atoms with Crippen molar-refractivity contribution >= 4 is 33.2 Å². The largest absolute Gasteiger partial charge is 0.455 e. The Labute approximate surface area is 133 Å². The molecule has 1 aromatic carbocycles. The van der Waals surface area contributed by atoms with Gasteiger partial charge in [0.15, 0.2) is 5.58 Å². The molecule has 0 saturated carbocycles. The van der Waals surface area contributed by atoms with Crippen LogP contribution >= 0.6 is 0 Å². The van der Waals surface area contributed by atoms with Crippen LogP contribution in [0.15, 0.2) is 78.0 Å². The molecule has 3 heterocycles. The van der Waals surface area contributed by atoms with Crippen molar-refractivity contribution in [2.75, 3.05) is 0 Å². The highest BCUT2D eigenvalue weighted by Gasteiger charge is 2.10. The molecule has 0 bridgehead atoms. The third kappa shape index (κ3) is 2.18. The number of fused-ring (bicyclic) bond motifs is 4. The van der Waals surface area contributed by atoms with E-state index in [-0.39, 0.29) is 0 Å². The molecule has 23 heavy (non-hydrogen) atoms. The lowest BCUT2D eigenvalue weighted by Crippen LogP contribution is -1.80. The third-order valence-corrected chi connectivity index (χ3v) is 3.89. The highest BCUT2D eigenvalue weighted by atomic mass is 16.3. The van der Waals surface area contributed by atoms with Crippen molar-refractivity contribution < 1.29 is 4.42 Å². The number of rotatable bonds is 3. The van der Waals surface area contributed by atoms with Crippen LogP contribution in [0.3, 0.4) is 0 Å². The maximum absolute atomic E-state index is 5.93. The fourth-order valence-electron chi connectivity index (χ4n) is 2.87. The lowest BCUT2D eigenvalue weighted by Gasteiger charge is -1.93. The summed E-state index contributed by atoms with van der Waals surface area (Å²) in [6.45, 7) is 5.77. The van der Waals surface area contributed by atoms with Crippen LogP contribution < -0.4 is 0 Å². The number of allylic oxidation sites excluding steroid dienone is 5. The van der Waals surface area contributed by atoms with Crippen LogP contribution in [0.1, 0.15) is 12.6 Å². The number of nitrogens with zero attached hydrogens (tertiary/aromatic N) is 2. The minimum absolute atomic E-state index is 0.864. The van der Waals surface area contributed by atoms with Crippen molar-refractivity contribution in [1.82, 2.24) is 9.38 Å². The lowest BCUT2D eigenvalue weighted by atomic mass is 10.2. The first-order valence-electron chi connectivity index (χ1n) is 7.56. The molecule has 0 fully saturated rings. The predicted molar refractivity (Wildman–Crippen MR) is 95.5 cm³/mol. The molecule has 0 radical (unpaired) electrons. The Morgan fingerprint density at radius 2 is 2.04 bits per heavy atom. The molecule has 0 aliphatic rings. The number of benzene rings is 1. The average Bonchev–Trinajstić information content (AvgIpc) is 3.12. The van der Waals surface area contributed by atoms with Crippen molar-refractivity contribution in [1.29, 1.82) is 0 Å². The topological polar surface area (TPSA) is 30.4 Å². The summed E-state index contributed by atoms with van der Waals surface area (Å²) in [5.41, 5.74) is 4.62. The van der Waals surface area contributed by atoms with Gasteiger partial charge in [0.25, 0.3) is 0 Å². The summed E-state index contributed by atoms with van der Waals surface area (Å²) in [7, 11) is 0. The molecule has 3 aromatic heterocycles. The molecule has 0 aliphatic carbocycles. The average molecular weight is 300 g/mol. The van der Waals surface area contributed by atoms with E-state index >= 15 is 0 Å². The summed E-state index contributed by atoms with van der Waals surface area (Å²) < 4.78 is 7.93. The van der Waals surface area contributed by atoms with E-state index in [1.807, 2.05) is 60.1 Å². The first-order chi connectivity index (χ1) is 11.3. The van der Waals surface area contributed by atoms with Crippen molar-refractivity contribution in [2.45, 2.75) is 6.92 Å². The van der Waals surface area contributed by atoms with Gasteiger partial charge >= 0.3 is 0 Å². The second-order valence-electron chi connectivity index (χ2n) is 5.40. The molecule has 4 rings (SSSR count). The Hall–Kier alpha value is -3.07. The number of furan rings is 1.